The summed E-state index contributed by atoms with van der Waals surface area (Å²) in [6.07, 6.45) is 4.16. The lowest BCUT2D eigenvalue weighted by molar-refractivity contribution is -0.172. The van der Waals surface area contributed by atoms with Crippen molar-refractivity contribution in [2.75, 3.05) is 19.7 Å². The van der Waals surface area contributed by atoms with Gasteiger partial charge in [0, 0.05) is 11.6 Å². The maximum atomic E-state index is 13.2. The first-order chi connectivity index (χ1) is 14.7. The van der Waals surface area contributed by atoms with Crippen LogP contribution in [0.25, 0.3) is 0 Å². The summed E-state index contributed by atoms with van der Waals surface area (Å²) in [5, 5.41) is 2.61. The van der Waals surface area contributed by atoms with Crippen molar-refractivity contribution in [1.82, 2.24) is 15.2 Å². The van der Waals surface area contributed by atoms with Crippen LogP contribution in [0, 0.1) is 5.92 Å². The monoisotopic (exact) mass is 437 g/mol. The predicted molar refractivity (Wildman–Crippen MR) is 108 cm³/mol. The van der Waals surface area contributed by atoms with Crippen LogP contribution in [0.15, 0.2) is 12.1 Å². The lowest BCUT2D eigenvalue weighted by Gasteiger charge is -2.44. The minimum absolute atomic E-state index is 0.0803. The number of pyridine rings is 1. The number of likely N-dealkylation sites (tertiary alicyclic amines) is 1. The van der Waals surface area contributed by atoms with E-state index in [1.54, 1.807) is 19.9 Å². The fourth-order valence-electron chi connectivity index (χ4n) is 3.85. The molecule has 3 aliphatic rings. The number of hydrogen-bond acceptors (Lipinski definition) is 5. The van der Waals surface area contributed by atoms with E-state index in [-0.39, 0.29) is 18.7 Å². The Morgan fingerprint density at radius 1 is 1.19 bits per heavy atom. The van der Waals surface area contributed by atoms with Gasteiger partial charge in [-0.2, -0.15) is 4.98 Å². The fraction of sp³-hybridized carbons (Fsp3) is 0.682. The summed E-state index contributed by atoms with van der Waals surface area (Å²) in [6.45, 7) is 2.80. The molecule has 0 spiro atoms. The third kappa shape index (κ3) is 4.91. The van der Waals surface area contributed by atoms with Crippen molar-refractivity contribution < 1.29 is 27.8 Å². The highest BCUT2D eigenvalue weighted by atomic mass is 19.3. The number of ether oxygens (including phenoxy) is 2. The highest BCUT2D eigenvalue weighted by Gasteiger charge is 2.51. The molecule has 2 saturated carbocycles. The number of rotatable bonds is 9. The molecular formula is C22H29F2N3O4. The van der Waals surface area contributed by atoms with E-state index in [0.29, 0.717) is 24.3 Å². The molecule has 2 aliphatic carbocycles. The summed E-state index contributed by atoms with van der Waals surface area (Å²) in [5.74, 6) is -1.81. The molecule has 2 amide bonds. The van der Waals surface area contributed by atoms with E-state index in [2.05, 4.69) is 10.3 Å². The highest BCUT2D eigenvalue weighted by molar-refractivity contribution is 5.91. The zero-order valence-corrected chi connectivity index (χ0v) is 18.0. The molecule has 9 heteroatoms. The van der Waals surface area contributed by atoms with Crippen molar-refractivity contribution >= 4 is 12.0 Å². The zero-order chi connectivity index (χ0) is 22.2. The molecule has 1 saturated heterocycles. The van der Waals surface area contributed by atoms with Crippen molar-refractivity contribution in [2.24, 2.45) is 5.92 Å². The largest absolute Gasteiger partial charge is 0.477 e. The normalized spacial score (nSPS) is 20.1. The van der Waals surface area contributed by atoms with Gasteiger partial charge >= 0.3 is 6.09 Å². The summed E-state index contributed by atoms with van der Waals surface area (Å²) in [7, 11) is 0. The molecule has 0 atom stereocenters. The third-order valence-corrected chi connectivity index (χ3v) is 6.32. The lowest BCUT2D eigenvalue weighted by Crippen LogP contribution is -2.67. The zero-order valence-electron chi connectivity index (χ0n) is 18.0. The Labute approximate surface area is 180 Å². The number of nitrogens with zero attached hydrogens (tertiary/aromatic N) is 2. The molecule has 1 aromatic rings. The number of amides is 2. The first kappa shape index (κ1) is 21.8. The van der Waals surface area contributed by atoms with Gasteiger partial charge in [-0.25, -0.2) is 13.6 Å². The predicted octanol–water partition coefficient (Wildman–Crippen LogP) is 3.87. The van der Waals surface area contributed by atoms with E-state index in [4.69, 9.17) is 9.47 Å². The van der Waals surface area contributed by atoms with Gasteiger partial charge < -0.3 is 19.7 Å². The maximum Gasteiger partial charge on any atom is 0.414 e. The third-order valence-electron chi connectivity index (χ3n) is 6.32. The van der Waals surface area contributed by atoms with Gasteiger partial charge in [-0.1, -0.05) is 13.8 Å². The number of carbonyl (C=O) groups is 2. The average Bonchev–Trinajstić information content (AvgIpc) is 3.62. The molecule has 170 valence electrons. The molecule has 2 heterocycles. The van der Waals surface area contributed by atoms with E-state index in [9.17, 15) is 18.4 Å². The van der Waals surface area contributed by atoms with Crippen LogP contribution in [0.3, 0.4) is 0 Å². The molecule has 0 unspecified atom stereocenters. The molecule has 1 aromatic heterocycles. The number of carbonyl (C=O) groups excluding carboxylic acids is 2. The summed E-state index contributed by atoms with van der Waals surface area (Å²) in [6, 6.07) is 3.49. The Bertz CT molecular complexity index is 843. The molecule has 0 bridgehead atoms. The summed E-state index contributed by atoms with van der Waals surface area (Å²) >= 11 is 0. The molecule has 3 fully saturated rings. The quantitative estimate of drug-likeness (QED) is 0.634. The lowest BCUT2D eigenvalue weighted by atomic mass is 9.89. The van der Waals surface area contributed by atoms with Crippen molar-refractivity contribution in [2.45, 2.75) is 69.8 Å². The summed E-state index contributed by atoms with van der Waals surface area (Å²) in [5.41, 5.74) is -0.272. The average molecular weight is 437 g/mol. The number of nitrogens with one attached hydrogen (secondary N) is 1. The molecule has 31 heavy (non-hydrogen) atoms. The van der Waals surface area contributed by atoms with Gasteiger partial charge in [0.05, 0.1) is 19.7 Å². The SMILES string of the molecule is CCC(CC)(NC(=O)Oc1ccc(C2CC2)c(OCC2CC2)n1)C(=O)N1CC(F)(F)C1. The second-order valence-corrected chi connectivity index (χ2v) is 8.89. The van der Waals surface area contributed by atoms with Gasteiger partial charge in [-0.05, 0) is 56.4 Å². The van der Waals surface area contributed by atoms with Crippen LogP contribution in [-0.2, 0) is 4.79 Å². The first-order valence-electron chi connectivity index (χ1n) is 11.1. The number of alkyl halides is 2. The Balaban J connectivity index is 1.42. The second kappa shape index (κ2) is 8.24. The Morgan fingerprint density at radius 2 is 1.87 bits per heavy atom. The second-order valence-electron chi connectivity index (χ2n) is 8.89. The number of halogens is 2. The summed E-state index contributed by atoms with van der Waals surface area (Å²) < 4.78 is 37.7. The minimum atomic E-state index is -2.87. The minimum Gasteiger partial charge on any atom is -0.477 e. The van der Waals surface area contributed by atoms with Gasteiger partial charge in [0.25, 0.3) is 5.92 Å². The van der Waals surface area contributed by atoms with Crippen LogP contribution in [0.4, 0.5) is 13.6 Å². The van der Waals surface area contributed by atoms with Crippen LogP contribution in [0.2, 0.25) is 0 Å². The Morgan fingerprint density at radius 3 is 2.42 bits per heavy atom. The van der Waals surface area contributed by atoms with Crippen LogP contribution < -0.4 is 14.8 Å². The van der Waals surface area contributed by atoms with E-state index < -0.39 is 36.6 Å². The van der Waals surface area contributed by atoms with Gasteiger partial charge in [-0.3, -0.25) is 4.79 Å². The number of aromatic nitrogens is 1. The van der Waals surface area contributed by atoms with Crippen molar-refractivity contribution in [3.63, 3.8) is 0 Å². The highest BCUT2D eigenvalue weighted by Crippen LogP contribution is 2.44. The van der Waals surface area contributed by atoms with E-state index >= 15 is 0 Å². The topological polar surface area (TPSA) is 80.8 Å². The molecule has 4 rings (SSSR count). The first-order valence-corrected chi connectivity index (χ1v) is 11.1. The van der Waals surface area contributed by atoms with Crippen molar-refractivity contribution in [3.8, 4) is 11.8 Å². The molecule has 7 nitrogen and oxygen atoms in total. The van der Waals surface area contributed by atoms with Crippen molar-refractivity contribution in [3.05, 3.63) is 17.7 Å². The van der Waals surface area contributed by atoms with Crippen LogP contribution in [0.5, 0.6) is 11.8 Å². The van der Waals surface area contributed by atoms with Gasteiger partial charge in [0.1, 0.15) is 5.54 Å². The standard InChI is InChI=1S/C22H29F2N3O4/c1-3-21(4-2,19(28)27-12-22(23,24)13-27)26-20(29)31-17-10-9-16(15-7-8-15)18(25-17)30-11-14-5-6-14/h9-10,14-15H,3-8,11-13H2,1-2H3,(H,26,29). The van der Waals surface area contributed by atoms with E-state index in [1.807, 2.05) is 6.07 Å². The van der Waals surface area contributed by atoms with Gasteiger partial charge in [0.2, 0.25) is 17.7 Å². The summed E-state index contributed by atoms with van der Waals surface area (Å²) in [4.78, 5) is 30.9. The fourth-order valence-corrected chi connectivity index (χ4v) is 3.85. The molecule has 1 aliphatic heterocycles. The van der Waals surface area contributed by atoms with E-state index in [1.165, 1.54) is 0 Å². The van der Waals surface area contributed by atoms with Crippen molar-refractivity contribution in [1.29, 1.82) is 0 Å². The van der Waals surface area contributed by atoms with Crippen LogP contribution in [-0.4, -0.2) is 53.0 Å². The van der Waals surface area contributed by atoms with Crippen LogP contribution in [0.1, 0.15) is 63.9 Å². The Hall–Kier alpha value is -2.45. The molecular weight excluding hydrogens is 408 g/mol. The van der Waals surface area contributed by atoms with Gasteiger partial charge in [-0.15, -0.1) is 0 Å². The Kier molecular flexibility index (Phi) is 5.79. The molecule has 1 N–H and O–H groups in total. The van der Waals surface area contributed by atoms with Crippen LogP contribution >= 0.6 is 0 Å². The van der Waals surface area contributed by atoms with Gasteiger partial charge in [0.15, 0.2) is 0 Å². The number of hydrogen-bond donors (Lipinski definition) is 1. The molecule has 0 aromatic carbocycles. The molecule has 0 radical (unpaired) electrons. The smallest absolute Gasteiger partial charge is 0.414 e. The maximum absolute atomic E-state index is 13.2. The van der Waals surface area contributed by atoms with E-state index in [0.717, 1.165) is 36.1 Å².